The van der Waals surface area contributed by atoms with Crippen LogP contribution >= 0.6 is 0 Å². The van der Waals surface area contributed by atoms with Gasteiger partial charge in [-0.2, -0.15) is 0 Å². The van der Waals surface area contributed by atoms with Gasteiger partial charge in [-0.1, -0.05) is 18.2 Å². The Morgan fingerprint density at radius 2 is 2.10 bits per heavy atom. The molecule has 1 N–H and O–H groups in total. The summed E-state index contributed by atoms with van der Waals surface area (Å²) in [5, 5.41) is 4.33. The van der Waals surface area contributed by atoms with Crippen LogP contribution in [0.15, 0.2) is 30.3 Å². The minimum absolute atomic E-state index is 0.176. The lowest BCUT2D eigenvalue weighted by molar-refractivity contribution is -0.140. The Morgan fingerprint density at radius 3 is 2.86 bits per heavy atom. The molecule has 0 aliphatic carbocycles. The van der Waals surface area contributed by atoms with Gasteiger partial charge in [0.15, 0.2) is 0 Å². The van der Waals surface area contributed by atoms with Gasteiger partial charge in [-0.3, -0.25) is 4.79 Å². The van der Waals surface area contributed by atoms with Gasteiger partial charge in [-0.05, 0) is 25.1 Å². The van der Waals surface area contributed by atoms with E-state index in [0.29, 0.717) is 13.0 Å². The summed E-state index contributed by atoms with van der Waals surface area (Å²) >= 11 is 0. The second-order valence-electron chi connectivity index (χ2n) is 4.69. The Balaban J connectivity index is 1.92. The topological polar surface area (TPSA) is 60.5 Å². The van der Waals surface area contributed by atoms with Gasteiger partial charge in [-0.25, -0.2) is 4.98 Å². The summed E-state index contributed by atoms with van der Waals surface area (Å²) < 4.78 is 9.93. The average molecular weight is 288 g/mol. The Bertz CT molecular complexity index is 613. The molecule has 21 heavy (non-hydrogen) atoms. The maximum absolute atomic E-state index is 11.0. The van der Waals surface area contributed by atoms with Crippen LogP contribution in [0.5, 0.6) is 5.75 Å². The smallest absolute Gasteiger partial charge is 0.305 e. The number of nitrogens with zero attached hydrogens (tertiary/aromatic N) is 1. The van der Waals surface area contributed by atoms with Crippen molar-refractivity contribution in [1.29, 1.82) is 0 Å². The molecule has 0 aliphatic rings. The molecule has 0 unspecified atom stereocenters. The largest absolute Gasteiger partial charge is 0.494 e. The third-order valence-electron chi connectivity index (χ3n) is 3.23. The summed E-state index contributed by atoms with van der Waals surface area (Å²) in [5.74, 6) is 0.602. The van der Waals surface area contributed by atoms with Crippen LogP contribution < -0.4 is 10.1 Å². The Hall–Kier alpha value is -2.14. The molecule has 0 atom stereocenters. The highest BCUT2D eigenvalue weighted by Crippen LogP contribution is 2.23. The number of esters is 1. The van der Waals surface area contributed by atoms with Gasteiger partial charge < -0.3 is 14.8 Å². The molecule has 0 saturated carbocycles. The second-order valence-corrected chi connectivity index (χ2v) is 4.69. The lowest BCUT2D eigenvalue weighted by Gasteiger charge is -2.08. The Morgan fingerprint density at radius 1 is 1.24 bits per heavy atom. The van der Waals surface area contributed by atoms with Crippen LogP contribution in [0, 0.1) is 0 Å². The fraction of sp³-hybridized carbons (Fsp3) is 0.375. The van der Waals surface area contributed by atoms with Gasteiger partial charge >= 0.3 is 5.97 Å². The Kier molecular flexibility index (Phi) is 5.51. The number of methoxy groups -OCH3 is 2. The predicted molar refractivity (Wildman–Crippen MR) is 81.3 cm³/mol. The quantitative estimate of drug-likeness (QED) is 0.625. The number of benzene rings is 1. The van der Waals surface area contributed by atoms with E-state index in [4.69, 9.17) is 4.74 Å². The van der Waals surface area contributed by atoms with Crippen LogP contribution in [-0.2, 0) is 16.1 Å². The fourth-order valence-electron chi connectivity index (χ4n) is 2.10. The highest BCUT2D eigenvalue weighted by Gasteiger charge is 2.04. The molecule has 1 aromatic heterocycles. The molecule has 0 spiro atoms. The van der Waals surface area contributed by atoms with Crippen molar-refractivity contribution in [2.75, 3.05) is 20.8 Å². The molecule has 0 aliphatic heterocycles. The summed E-state index contributed by atoms with van der Waals surface area (Å²) in [6, 6.07) is 9.90. The highest BCUT2D eigenvalue weighted by atomic mass is 16.5. The van der Waals surface area contributed by atoms with Crippen LogP contribution in [0.4, 0.5) is 0 Å². The average Bonchev–Trinajstić information content (AvgIpc) is 2.53. The molecule has 5 heteroatoms. The van der Waals surface area contributed by atoms with Crippen LogP contribution in [0.2, 0.25) is 0 Å². The first-order valence-corrected chi connectivity index (χ1v) is 6.94. The molecule has 0 fully saturated rings. The van der Waals surface area contributed by atoms with Crippen molar-refractivity contribution < 1.29 is 14.3 Å². The highest BCUT2D eigenvalue weighted by molar-refractivity contribution is 5.84. The number of fused-ring (bicyclic) bond motifs is 1. The van der Waals surface area contributed by atoms with Crippen LogP contribution in [-0.4, -0.2) is 31.7 Å². The molecule has 0 radical (unpaired) electrons. The molecular formula is C16H20N2O3. The molecule has 0 saturated heterocycles. The maximum Gasteiger partial charge on any atom is 0.305 e. The molecule has 1 aromatic carbocycles. The minimum Gasteiger partial charge on any atom is -0.494 e. The molecule has 0 bridgehead atoms. The minimum atomic E-state index is -0.176. The summed E-state index contributed by atoms with van der Waals surface area (Å²) in [5.41, 5.74) is 1.82. The number of nitrogens with one attached hydrogen (secondary N) is 1. The van der Waals surface area contributed by atoms with Crippen molar-refractivity contribution in [3.8, 4) is 5.75 Å². The van der Waals surface area contributed by atoms with Crippen molar-refractivity contribution >= 4 is 16.9 Å². The third-order valence-corrected chi connectivity index (χ3v) is 3.23. The number of aromatic nitrogens is 1. The molecule has 5 nitrogen and oxygen atoms in total. The van der Waals surface area contributed by atoms with E-state index < -0.39 is 0 Å². The number of carbonyl (C=O) groups is 1. The number of pyridine rings is 1. The van der Waals surface area contributed by atoms with Gasteiger partial charge in [0.05, 0.1) is 19.9 Å². The number of rotatable bonds is 7. The van der Waals surface area contributed by atoms with Crippen LogP contribution in [0.3, 0.4) is 0 Å². The van der Waals surface area contributed by atoms with Gasteiger partial charge in [0.2, 0.25) is 0 Å². The van der Waals surface area contributed by atoms with E-state index in [1.54, 1.807) is 7.11 Å². The number of ether oxygens (including phenoxy) is 2. The van der Waals surface area contributed by atoms with E-state index in [2.05, 4.69) is 15.0 Å². The van der Waals surface area contributed by atoms with Crippen molar-refractivity contribution in [1.82, 2.24) is 10.3 Å². The van der Waals surface area contributed by atoms with E-state index in [-0.39, 0.29) is 5.97 Å². The normalized spacial score (nSPS) is 10.6. The zero-order valence-electron chi connectivity index (χ0n) is 12.4. The number of hydrogen-bond donors (Lipinski definition) is 1. The summed E-state index contributed by atoms with van der Waals surface area (Å²) in [4.78, 5) is 15.6. The van der Waals surface area contributed by atoms with Crippen molar-refractivity contribution in [2.45, 2.75) is 19.4 Å². The molecular weight excluding hydrogens is 268 g/mol. The first-order valence-electron chi connectivity index (χ1n) is 6.94. The van der Waals surface area contributed by atoms with E-state index in [1.807, 2.05) is 30.3 Å². The number of hydrogen-bond acceptors (Lipinski definition) is 5. The van der Waals surface area contributed by atoms with Crippen molar-refractivity contribution in [3.05, 3.63) is 36.0 Å². The fourth-order valence-corrected chi connectivity index (χ4v) is 2.10. The lowest BCUT2D eigenvalue weighted by Crippen LogP contribution is -2.16. The summed E-state index contributed by atoms with van der Waals surface area (Å²) in [6.45, 7) is 1.41. The summed E-state index contributed by atoms with van der Waals surface area (Å²) in [7, 11) is 3.05. The standard InChI is InChI=1S/C16H20N2O3/c1-20-14-6-3-5-12-8-9-13(18-16(12)14)11-17-10-4-7-15(19)21-2/h3,5-6,8-9,17H,4,7,10-11H2,1-2H3. The molecule has 2 rings (SSSR count). The predicted octanol–water partition coefficient (Wildman–Crippen LogP) is 2.29. The molecule has 2 aromatic rings. The van der Waals surface area contributed by atoms with Crippen LogP contribution in [0.25, 0.3) is 10.9 Å². The molecule has 0 amide bonds. The third kappa shape index (κ3) is 4.16. The number of carbonyl (C=O) groups excluding carboxylic acids is 1. The SMILES string of the molecule is COC(=O)CCCNCc1ccc2cccc(OC)c2n1. The zero-order valence-corrected chi connectivity index (χ0v) is 12.4. The first-order chi connectivity index (χ1) is 10.2. The van der Waals surface area contributed by atoms with E-state index in [0.717, 1.165) is 35.3 Å². The first kappa shape index (κ1) is 15.3. The van der Waals surface area contributed by atoms with Gasteiger partial charge in [0, 0.05) is 18.4 Å². The summed E-state index contributed by atoms with van der Waals surface area (Å²) in [6.07, 6.45) is 1.19. The maximum atomic E-state index is 11.0. The number of para-hydroxylation sites is 1. The zero-order chi connectivity index (χ0) is 15.1. The van der Waals surface area contributed by atoms with Gasteiger partial charge in [-0.15, -0.1) is 0 Å². The van der Waals surface area contributed by atoms with Gasteiger partial charge in [0.1, 0.15) is 11.3 Å². The second kappa shape index (κ2) is 7.59. The van der Waals surface area contributed by atoms with E-state index in [9.17, 15) is 4.79 Å². The van der Waals surface area contributed by atoms with Crippen LogP contribution in [0.1, 0.15) is 18.5 Å². The van der Waals surface area contributed by atoms with Crippen molar-refractivity contribution in [3.63, 3.8) is 0 Å². The lowest BCUT2D eigenvalue weighted by atomic mass is 10.2. The monoisotopic (exact) mass is 288 g/mol. The Labute approximate surface area is 124 Å². The molecule has 112 valence electrons. The van der Waals surface area contributed by atoms with Gasteiger partial charge in [0.25, 0.3) is 0 Å². The van der Waals surface area contributed by atoms with E-state index >= 15 is 0 Å². The van der Waals surface area contributed by atoms with E-state index in [1.165, 1.54) is 7.11 Å². The molecule has 1 heterocycles. The van der Waals surface area contributed by atoms with Crippen molar-refractivity contribution in [2.24, 2.45) is 0 Å².